The molecule has 38 heavy (non-hydrogen) atoms. The second kappa shape index (κ2) is 15.6. The minimum atomic E-state index is -0.519. The lowest BCUT2D eigenvalue weighted by molar-refractivity contribution is -0.172. The minimum Gasteiger partial charge on any atom is -0.459 e. The third-order valence-electron chi connectivity index (χ3n) is 7.97. The van der Waals surface area contributed by atoms with Crippen LogP contribution in [0.4, 0.5) is 0 Å². The Morgan fingerprint density at radius 1 is 0.974 bits per heavy atom. The van der Waals surface area contributed by atoms with Crippen LogP contribution in [0.5, 0.6) is 0 Å². The van der Waals surface area contributed by atoms with Crippen LogP contribution in [0.2, 0.25) is 0 Å². The van der Waals surface area contributed by atoms with E-state index in [9.17, 15) is 4.79 Å². The van der Waals surface area contributed by atoms with Crippen LogP contribution < -0.4 is 0 Å². The van der Waals surface area contributed by atoms with Gasteiger partial charge in [-0.2, -0.15) is 0 Å². The summed E-state index contributed by atoms with van der Waals surface area (Å²) in [5.74, 6) is 0.379. The van der Waals surface area contributed by atoms with Crippen molar-refractivity contribution in [1.82, 2.24) is 9.80 Å². The molecule has 3 unspecified atom stereocenters. The Morgan fingerprint density at radius 2 is 1.68 bits per heavy atom. The van der Waals surface area contributed by atoms with Gasteiger partial charge >= 0.3 is 0 Å². The Balaban J connectivity index is 1.42. The summed E-state index contributed by atoms with van der Waals surface area (Å²) in [7, 11) is 0. The normalized spacial score (nSPS) is 25.2. The summed E-state index contributed by atoms with van der Waals surface area (Å²) in [5.41, 5.74) is 1.14. The molecule has 0 aliphatic carbocycles. The average Bonchev–Trinajstić information content (AvgIpc) is 2.98. The molecule has 8 nitrogen and oxygen atoms in total. The molecular formula is C30H46N2O6. The molecule has 3 aliphatic rings. The number of hydrogen-bond donors (Lipinski definition) is 1. The Hall–Kier alpha value is -1.97. The van der Waals surface area contributed by atoms with Crippen molar-refractivity contribution in [3.63, 3.8) is 0 Å². The van der Waals surface area contributed by atoms with E-state index in [1.54, 1.807) is 0 Å². The van der Waals surface area contributed by atoms with Gasteiger partial charge in [-0.25, -0.2) is 0 Å². The Labute approximate surface area is 227 Å². The zero-order valence-electron chi connectivity index (χ0n) is 23.0. The molecule has 3 heterocycles. The SMILES string of the molecule is CCOC1OC(C(=O)N2CCC(N3CCCCC3)CC2)=CC(c2ccccc2)C1CCOCCOCCO. The van der Waals surface area contributed by atoms with E-state index in [1.807, 2.05) is 36.1 Å². The smallest absolute Gasteiger partial charge is 0.288 e. The first-order chi connectivity index (χ1) is 18.7. The number of piperidine rings is 2. The van der Waals surface area contributed by atoms with Gasteiger partial charge in [0.05, 0.1) is 26.4 Å². The number of carbonyl (C=O) groups excluding carboxylic acids is 1. The summed E-state index contributed by atoms with van der Waals surface area (Å²) in [6, 6.07) is 10.9. The molecule has 2 saturated heterocycles. The molecule has 2 fully saturated rings. The molecule has 0 radical (unpaired) electrons. The number of aliphatic hydroxyl groups excluding tert-OH is 1. The van der Waals surface area contributed by atoms with Gasteiger partial charge in [0.1, 0.15) is 0 Å². The first-order valence-electron chi connectivity index (χ1n) is 14.6. The molecule has 8 heteroatoms. The molecule has 1 amide bonds. The third kappa shape index (κ3) is 8.02. The van der Waals surface area contributed by atoms with Crippen LogP contribution in [0.25, 0.3) is 0 Å². The van der Waals surface area contributed by atoms with Crippen LogP contribution in [-0.2, 0) is 23.7 Å². The van der Waals surface area contributed by atoms with Gasteiger partial charge in [0.2, 0.25) is 6.29 Å². The molecule has 0 aromatic heterocycles. The Morgan fingerprint density at radius 3 is 2.37 bits per heavy atom. The van der Waals surface area contributed by atoms with Crippen LogP contribution >= 0.6 is 0 Å². The molecule has 4 rings (SSSR count). The van der Waals surface area contributed by atoms with Gasteiger partial charge in [-0.15, -0.1) is 0 Å². The second-order valence-electron chi connectivity index (χ2n) is 10.4. The first kappa shape index (κ1) is 29.0. The summed E-state index contributed by atoms with van der Waals surface area (Å²) in [5, 5.41) is 8.84. The monoisotopic (exact) mass is 530 g/mol. The van der Waals surface area contributed by atoms with Crippen LogP contribution in [0.1, 0.15) is 56.9 Å². The first-order valence-corrected chi connectivity index (χ1v) is 14.6. The summed E-state index contributed by atoms with van der Waals surface area (Å²) in [6.07, 6.45) is 8.20. The third-order valence-corrected chi connectivity index (χ3v) is 7.97. The van der Waals surface area contributed by atoms with E-state index in [-0.39, 0.29) is 24.3 Å². The van der Waals surface area contributed by atoms with Gasteiger partial charge in [-0.3, -0.25) is 4.79 Å². The van der Waals surface area contributed by atoms with E-state index >= 15 is 0 Å². The predicted molar refractivity (Wildman–Crippen MR) is 146 cm³/mol. The maximum absolute atomic E-state index is 13.7. The molecule has 1 N–H and O–H groups in total. The highest BCUT2D eigenvalue weighted by atomic mass is 16.7. The molecule has 0 saturated carbocycles. The fourth-order valence-electron chi connectivity index (χ4n) is 5.97. The lowest BCUT2D eigenvalue weighted by Gasteiger charge is -2.41. The number of rotatable bonds is 13. The van der Waals surface area contributed by atoms with Gasteiger partial charge in [0, 0.05) is 44.2 Å². The van der Waals surface area contributed by atoms with Gasteiger partial charge < -0.3 is 33.9 Å². The number of carbonyl (C=O) groups is 1. The average molecular weight is 531 g/mol. The van der Waals surface area contributed by atoms with E-state index < -0.39 is 6.29 Å². The summed E-state index contributed by atoms with van der Waals surface area (Å²) in [6.45, 7) is 8.17. The number of nitrogens with zero attached hydrogens (tertiary/aromatic N) is 2. The van der Waals surface area contributed by atoms with Crippen molar-refractivity contribution in [1.29, 1.82) is 0 Å². The molecule has 1 aromatic rings. The predicted octanol–water partition coefficient (Wildman–Crippen LogP) is 3.56. The van der Waals surface area contributed by atoms with Crippen LogP contribution in [0.15, 0.2) is 42.2 Å². The fourth-order valence-corrected chi connectivity index (χ4v) is 5.97. The van der Waals surface area contributed by atoms with Gasteiger partial charge in [0.25, 0.3) is 5.91 Å². The molecule has 0 spiro atoms. The molecule has 3 aliphatic heterocycles. The van der Waals surface area contributed by atoms with Gasteiger partial charge in [-0.1, -0.05) is 36.8 Å². The highest BCUT2D eigenvalue weighted by Crippen LogP contribution is 2.39. The number of ether oxygens (including phenoxy) is 4. The highest BCUT2D eigenvalue weighted by Gasteiger charge is 2.39. The van der Waals surface area contributed by atoms with Crippen LogP contribution in [0, 0.1) is 5.92 Å². The molecule has 1 aromatic carbocycles. The molecule has 0 bridgehead atoms. The number of likely N-dealkylation sites (tertiary alicyclic amines) is 2. The van der Waals surface area contributed by atoms with Crippen molar-refractivity contribution < 1.29 is 28.8 Å². The fraction of sp³-hybridized carbons (Fsp3) is 0.700. The van der Waals surface area contributed by atoms with Crippen molar-refractivity contribution in [2.45, 2.75) is 63.7 Å². The Bertz CT molecular complexity index is 852. The number of amides is 1. The Kier molecular flexibility index (Phi) is 11.9. The zero-order valence-corrected chi connectivity index (χ0v) is 23.0. The standard InChI is InChI=1S/C30H46N2O6/c1-2-37-30-26(13-19-35-21-22-36-20-18-33)27(24-9-5-3-6-10-24)23-28(38-30)29(34)32-16-11-25(12-17-32)31-14-7-4-8-15-31/h3,5-6,9-10,23,25-27,30,33H,2,4,7-8,11-22H2,1H3. The van der Waals surface area contributed by atoms with Crippen molar-refractivity contribution in [2.24, 2.45) is 5.92 Å². The number of aliphatic hydroxyl groups is 1. The van der Waals surface area contributed by atoms with Crippen molar-refractivity contribution in [3.05, 3.63) is 47.7 Å². The van der Waals surface area contributed by atoms with Crippen molar-refractivity contribution >= 4 is 5.91 Å². The van der Waals surface area contributed by atoms with Gasteiger partial charge in [0.15, 0.2) is 5.76 Å². The second-order valence-corrected chi connectivity index (χ2v) is 10.4. The van der Waals surface area contributed by atoms with Crippen LogP contribution in [-0.4, -0.2) is 99.0 Å². The lowest BCUT2D eigenvalue weighted by atomic mass is 9.81. The quantitative estimate of drug-likeness (QED) is 0.391. The largest absolute Gasteiger partial charge is 0.459 e. The maximum atomic E-state index is 13.7. The van der Waals surface area contributed by atoms with E-state index in [4.69, 9.17) is 24.1 Å². The minimum absolute atomic E-state index is 0.0112. The zero-order chi connectivity index (χ0) is 26.6. The number of benzene rings is 1. The number of allylic oxidation sites excluding steroid dienone is 1. The van der Waals surface area contributed by atoms with Crippen molar-refractivity contribution in [2.75, 3.05) is 65.8 Å². The summed E-state index contributed by atoms with van der Waals surface area (Å²) >= 11 is 0. The highest BCUT2D eigenvalue weighted by molar-refractivity contribution is 5.92. The van der Waals surface area contributed by atoms with Crippen LogP contribution in [0.3, 0.4) is 0 Å². The van der Waals surface area contributed by atoms with Crippen molar-refractivity contribution in [3.8, 4) is 0 Å². The topological polar surface area (TPSA) is 80.7 Å². The maximum Gasteiger partial charge on any atom is 0.288 e. The van der Waals surface area contributed by atoms with E-state index in [2.05, 4.69) is 17.0 Å². The van der Waals surface area contributed by atoms with E-state index in [0.717, 1.165) is 37.9 Å². The van der Waals surface area contributed by atoms with E-state index in [0.29, 0.717) is 44.8 Å². The molecular weight excluding hydrogens is 484 g/mol. The number of hydrogen-bond acceptors (Lipinski definition) is 7. The summed E-state index contributed by atoms with van der Waals surface area (Å²) < 4.78 is 23.5. The lowest BCUT2D eigenvalue weighted by Crippen LogP contribution is -2.49. The van der Waals surface area contributed by atoms with Gasteiger partial charge in [-0.05, 0) is 63.8 Å². The summed E-state index contributed by atoms with van der Waals surface area (Å²) in [4.78, 5) is 18.3. The van der Waals surface area contributed by atoms with E-state index in [1.165, 1.54) is 32.4 Å². The molecule has 212 valence electrons. The molecule has 3 atom stereocenters.